The van der Waals surface area contributed by atoms with Crippen molar-refractivity contribution in [1.29, 1.82) is 0 Å². The summed E-state index contributed by atoms with van der Waals surface area (Å²) in [5.74, 6) is -0.587. The quantitative estimate of drug-likeness (QED) is 0.187. The molecule has 0 spiro atoms. The number of aliphatic carboxylic acids is 1. The summed E-state index contributed by atoms with van der Waals surface area (Å²) >= 11 is 0. The van der Waals surface area contributed by atoms with Crippen molar-refractivity contribution < 1.29 is 44.3 Å². The minimum Gasteiger partial charge on any atom is -0.508 e. The lowest BCUT2D eigenvalue weighted by Crippen LogP contribution is -2.68. The highest BCUT2D eigenvalue weighted by Gasteiger charge is 2.52. The molecule has 1 aliphatic rings. The predicted molar refractivity (Wildman–Crippen MR) is 154 cm³/mol. The molecule has 0 aromatic heterocycles. The topological polar surface area (TPSA) is 137 Å². The molecule has 9 nitrogen and oxygen atoms in total. The maximum absolute atomic E-state index is 11.5. The Morgan fingerprint density at radius 1 is 0.829 bits per heavy atom. The Morgan fingerprint density at radius 2 is 1.41 bits per heavy atom. The number of aliphatic hydroxyl groups excluding tert-OH is 3. The van der Waals surface area contributed by atoms with Crippen molar-refractivity contribution in [3.05, 3.63) is 95.6 Å². The minimum absolute atomic E-state index is 0.00250. The number of hydrogen-bond donors (Lipinski definition) is 5. The molecule has 4 rings (SSSR count). The number of aromatic hydroxyl groups is 1. The number of allylic oxidation sites excluding steroid dienone is 1. The zero-order valence-corrected chi connectivity index (χ0v) is 23.4. The first-order valence-electron chi connectivity index (χ1n) is 13.6. The van der Waals surface area contributed by atoms with Gasteiger partial charge in [-0.2, -0.15) is 0 Å². The Kier molecular flexibility index (Phi) is 9.47. The summed E-state index contributed by atoms with van der Waals surface area (Å²) in [4.78, 5) is 11.5. The summed E-state index contributed by atoms with van der Waals surface area (Å²) in [7, 11) is 3.46. The number of carbonyl (C=O) groups is 1. The average molecular weight is 565 g/mol. The van der Waals surface area contributed by atoms with Crippen molar-refractivity contribution in [2.24, 2.45) is 0 Å². The Bertz CT molecular complexity index is 1340. The molecule has 0 saturated carbocycles. The predicted octanol–water partition coefficient (Wildman–Crippen LogP) is 3.11. The zero-order chi connectivity index (χ0) is 29.7. The molecule has 3 aromatic rings. The highest BCUT2D eigenvalue weighted by atomic mass is 16.6. The van der Waals surface area contributed by atoms with Crippen LogP contribution in [0.15, 0.2) is 78.9 Å². The number of likely N-dealkylation sites (N-methyl/N-ethyl adjacent to an activating group) is 1. The van der Waals surface area contributed by atoms with E-state index in [0.717, 1.165) is 28.7 Å². The number of aliphatic hydroxyl groups is 3. The van der Waals surface area contributed by atoms with Crippen molar-refractivity contribution in [1.82, 2.24) is 0 Å². The molecule has 0 amide bonds. The number of phenols is 1. The Morgan fingerprint density at radius 3 is 1.98 bits per heavy atom. The van der Waals surface area contributed by atoms with Gasteiger partial charge < -0.3 is 35.0 Å². The van der Waals surface area contributed by atoms with Gasteiger partial charge in [-0.1, -0.05) is 61.5 Å². The maximum Gasteiger partial charge on any atom is 0.335 e. The molecule has 41 heavy (non-hydrogen) atoms. The Balaban J connectivity index is 1.51. The second-order valence-corrected chi connectivity index (χ2v) is 10.8. The lowest BCUT2D eigenvalue weighted by atomic mass is 9.88. The SMILES string of the molecule is CC/C(=C(\c1ccc(O)cc1)c1ccc(OCC[N+](C)(C)[C@@H]2O[C@H](C(=O)O)[C@@H](O)[C@H](O)[C@H]2O)cc1)c1ccccc1. The number of carboxylic acid groups (broad SMARTS) is 1. The smallest absolute Gasteiger partial charge is 0.335 e. The first-order chi connectivity index (χ1) is 19.5. The first kappa shape index (κ1) is 30.2. The molecule has 0 aliphatic carbocycles. The monoisotopic (exact) mass is 564 g/mol. The van der Waals surface area contributed by atoms with Gasteiger partial charge >= 0.3 is 5.97 Å². The van der Waals surface area contributed by atoms with E-state index in [4.69, 9.17) is 9.47 Å². The molecular formula is C32H38NO8+. The van der Waals surface area contributed by atoms with Crippen molar-refractivity contribution in [2.75, 3.05) is 27.2 Å². The maximum atomic E-state index is 11.5. The van der Waals surface area contributed by atoms with Crippen molar-refractivity contribution in [3.8, 4) is 11.5 Å². The number of nitrogens with zero attached hydrogens (tertiary/aromatic N) is 1. The van der Waals surface area contributed by atoms with Gasteiger partial charge in [0.15, 0.2) is 12.2 Å². The molecule has 1 heterocycles. The van der Waals surface area contributed by atoms with Crippen molar-refractivity contribution in [2.45, 2.75) is 44.0 Å². The van der Waals surface area contributed by atoms with Crippen LogP contribution < -0.4 is 4.74 Å². The Hall–Kier alpha value is -3.73. The molecule has 5 atom stereocenters. The standard InChI is InChI=1S/C32H37NO8/c1-4-25(20-8-6-5-7-9-20)26(21-10-14-23(34)15-11-21)22-12-16-24(17-13-22)40-19-18-33(2,3)31-29(37)27(35)28(36)30(41-31)32(38)39/h5-17,27-31,35-37H,4,18-19H2,1-3H3,(H-,34,38,39)/p+1/b26-25-/t27-,28-,29+,30-,31+/m0/s1. The third-order valence-electron chi connectivity index (χ3n) is 7.53. The summed E-state index contributed by atoms with van der Waals surface area (Å²) in [5, 5.41) is 49.9. The third-order valence-corrected chi connectivity index (χ3v) is 7.53. The van der Waals surface area contributed by atoms with Crippen LogP contribution in [0.5, 0.6) is 11.5 Å². The number of rotatable bonds is 10. The molecule has 1 fully saturated rings. The van der Waals surface area contributed by atoms with Crippen LogP contribution in [0.2, 0.25) is 0 Å². The largest absolute Gasteiger partial charge is 0.508 e. The highest BCUT2D eigenvalue weighted by Crippen LogP contribution is 2.35. The van der Waals surface area contributed by atoms with Crippen molar-refractivity contribution >= 4 is 17.1 Å². The molecule has 218 valence electrons. The van der Waals surface area contributed by atoms with E-state index in [1.54, 1.807) is 26.2 Å². The lowest BCUT2D eigenvalue weighted by Gasteiger charge is -2.46. The highest BCUT2D eigenvalue weighted by molar-refractivity contribution is 5.98. The van der Waals surface area contributed by atoms with E-state index >= 15 is 0 Å². The summed E-state index contributed by atoms with van der Waals surface area (Å²) in [5.41, 5.74) is 5.32. The van der Waals surface area contributed by atoms with E-state index in [0.29, 0.717) is 12.3 Å². The molecule has 1 saturated heterocycles. The van der Waals surface area contributed by atoms with Crippen LogP contribution in [0, 0.1) is 0 Å². The van der Waals surface area contributed by atoms with Crippen LogP contribution >= 0.6 is 0 Å². The minimum atomic E-state index is -1.73. The van der Waals surface area contributed by atoms with E-state index < -0.39 is 36.6 Å². The third kappa shape index (κ3) is 6.78. The fourth-order valence-electron chi connectivity index (χ4n) is 5.20. The average Bonchev–Trinajstić information content (AvgIpc) is 2.96. The van der Waals surface area contributed by atoms with Gasteiger partial charge in [-0.15, -0.1) is 0 Å². The van der Waals surface area contributed by atoms with Gasteiger partial charge in [0.05, 0.1) is 14.1 Å². The number of carboxylic acids is 1. The van der Waals surface area contributed by atoms with E-state index in [1.807, 2.05) is 54.6 Å². The number of ether oxygens (including phenoxy) is 2. The van der Waals surface area contributed by atoms with Crippen molar-refractivity contribution in [3.63, 3.8) is 0 Å². The molecule has 3 aromatic carbocycles. The van der Waals surface area contributed by atoms with Gasteiger partial charge in [0.25, 0.3) is 0 Å². The van der Waals surface area contributed by atoms with E-state index in [-0.39, 0.29) is 16.8 Å². The van der Waals surface area contributed by atoms with Gasteiger partial charge in [-0.05, 0) is 58.5 Å². The van der Waals surface area contributed by atoms with Crippen LogP contribution in [0.1, 0.15) is 30.0 Å². The zero-order valence-electron chi connectivity index (χ0n) is 23.4. The summed E-state index contributed by atoms with van der Waals surface area (Å²) < 4.78 is 11.5. The summed E-state index contributed by atoms with van der Waals surface area (Å²) in [6, 6.07) is 25.1. The number of benzene rings is 3. The first-order valence-corrected chi connectivity index (χ1v) is 13.6. The van der Waals surface area contributed by atoms with Crippen LogP contribution in [-0.4, -0.2) is 93.9 Å². The molecule has 9 heteroatoms. The normalized spacial score (nSPS) is 23.5. The van der Waals surface area contributed by atoms with Gasteiger partial charge in [0.2, 0.25) is 6.23 Å². The molecule has 5 N–H and O–H groups in total. The fourth-order valence-corrected chi connectivity index (χ4v) is 5.20. The molecule has 0 unspecified atom stereocenters. The van der Waals surface area contributed by atoms with Gasteiger partial charge in [0, 0.05) is 0 Å². The van der Waals surface area contributed by atoms with E-state index in [2.05, 4.69) is 19.1 Å². The number of quaternary nitrogens is 1. The van der Waals surface area contributed by atoms with Crippen LogP contribution in [0.25, 0.3) is 11.1 Å². The molecular weight excluding hydrogens is 526 g/mol. The van der Waals surface area contributed by atoms with E-state index in [1.165, 1.54) is 5.57 Å². The molecule has 0 radical (unpaired) electrons. The summed E-state index contributed by atoms with van der Waals surface area (Å²) in [6.07, 6.45) is -6.79. The van der Waals surface area contributed by atoms with Crippen LogP contribution in [0.3, 0.4) is 0 Å². The Labute approximate surface area is 239 Å². The van der Waals surface area contributed by atoms with Gasteiger partial charge in [0.1, 0.15) is 36.9 Å². The second kappa shape index (κ2) is 12.8. The van der Waals surface area contributed by atoms with Gasteiger partial charge in [-0.25, -0.2) is 4.79 Å². The van der Waals surface area contributed by atoms with E-state index in [9.17, 15) is 30.3 Å². The number of phenolic OH excluding ortho intramolecular Hbond substituents is 1. The fraction of sp³-hybridized carbons (Fsp3) is 0.344. The van der Waals surface area contributed by atoms with Crippen LogP contribution in [0.4, 0.5) is 0 Å². The summed E-state index contributed by atoms with van der Waals surface area (Å²) in [6.45, 7) is 2.66. The van der Waals surface area contributed by atoms with Gasteiger partial charge in [-0.3, -0.25) is 4.48 Å². The lowest BCUT2D eigenvalue weighted by molar-refractivity contribution is -0.944. The van der Waals surface area contributed by atoms with Crippen LogP contribution in [-0.2, 0) is 9.53 Å². The number of hydrogen-bond acceptors (Lipinski definition) is 7. The molecule has 0 bridgehead atoms. The molecule has 1 aliphatic heterocycles. The second-order valence-electron chi connectivity index (χ2n) is 10.8.